The number of anilines is 1. The molecule has 5 heteroatoms. The minimum Gasteiger partial charge on any atom is -0.349 e. The van der Waals surface area contributed by atoms with Gasteiger partial charge in [0.25, 0.3) is 0 Å². The molecule has 130 valence electrons. The number of hydrogen-bond acceptors (Lipinski definition) is 2. The van der Waals surface area contributed by atoms with Crippen LogP contribution in [0.3, 0.4) is 0 Å². The third kappa shape index (κ3) is 3.87. The number of amides is 2. The lowest BCUT2D eigenvalue weighted by molar-refractivity contribution is -0.126. The smallest absolute Gasteiger partial charge is 0.227 e. The van der Waals surface area contributed by atoms with Gasteiger partial charge in [-0.15, -0.1) is 0 Å². The van der Waals surface area contributed by atoms with Crippen LogP contribution in [0.15, 0.2) is 48.5 Å². The molecule has 4 nitrogen and oxygen atoms in total. The molecule has 2 aromatic carbocycles. The van der Waals surface area contributed by atoms with Crippen molar-refractivity contribution >= 4 is 17.5 Å². The number of carbonyl (C=O) groups is 2. The second kappa shape index (κ2) is 7.05. The van der Waals surface area contributed by atoms with Gasteiger partial charge in [0, 0.05) is 18.7 Å². The maximum atomic E-state index is 13.0. The molecule has 1 fully saturated rings. The predicted octanol–water partition coefficient (Wildman–Crippen LogP) is 3.36. The van der Waals surface area contributed by atoms with Gasteiger partial charge >= 0.3 is 0 Å². The maximum Gasteiger partial charge on any atom is 0.227 e. The fraction of sp³-hybridized carbons (Fsp3) is 0.300. The van der Waals surface area contributed by atoms with Crippen LogP contribution in [0.5, 0.6) is 0 Å². The summed E-state index contributed by atoms with van der Waals surface area (Å²) >= 11 is 0. The quantitative estimate of drug-likeness (QED) is 0.928. The minimum atomic E-state index is -0.378. The molecule has 1 N–H and O–H groups in total. The van der Waals surface area contributed by atoms with Crippen molar-refractivity contribution in [3.63, 3.8) is 0 Å². The van der Waals surface area contributed by atoms with Gasteiger partial charge in [0.15, 0.2) is 0 Å². The normalized spacial score (nSPS) is 18.3. The Labute approximate surface area is 146 Å². The zero-order valence-corrected chi connectivity index (χ0v) is 14.3. The van der Waals surface area contributed by atoms with Crippen LogP contribution < -0.4 is 10.2 Å². The zero-order chi connectivity index (χ0) is 18.0. The highest BCUT2D eigenvalue weighted by Crippen LogP contribution is 2.26. The highest BCUT2D eigenvalue weighted by molar-refractivity contribution is 6.00. The Balaban J connectivity index is 1.64. The SMILES string of the molecule is Cc1ccc(N2CC(C(=O)NC(C)c3ccc(F)cc3)CC2=O)cc1. The number of aryl methyl sites for hydroxylation is 1. The van der Waals surface area contributed by atoms with Crippen molar-refractivity contribution in [3.8, 4) is 0 Å². The summed E-state index contributed by atoms with van der Waals surface area (Å²) in [6.07, 6.45) is 0.204. The van der Waals surface area contributed by atoms with Gasteiger partial charge < -0.3 is 10.2 Å². The van der Waals surface area contributed by atoms with E-state index < -0.39 is 0 Å². The molecule has 0 spiro atoms. The summed E-state index contributed by atoms with van der Waals surface area (Å²) in [5.41, 5.74) is 2.77. The molecule has 1 saturated heterocycles. The van der Waals surface area contributed by atoms with E-state index in [0.29, 0.717) is 6.54 Å². The Kier molecular flexibility index (Phi) is 4.83. The second-order valence-electron chi connectivity index (χ2n) is 6.52. The Morgan fingerprint density at radius 3 is 2.44 bits per heavy atom. The monoisotopic (exact) mass is 340 g/mol. The molecule has 1 aliphatic rings. The molecule has 2 aromatic rings. The van der Waals surface area contributed by atoms with Crippen LogP contribution in [0, 0.1) is 18.7 Å². The molecule has 25 heavy (non-hydrogen) atoms. The summed E-state index contributed by atoms with van der Waals surface area (Å²) < 4.78 is 13.0. The Morgan fingerprint density at radius 2 is 1.80 bits per heavy atom. The van der Waals surface area contributed by atoms with Crippen LogP contribution in [0.4, 0.5) is 10.1 Å². The summed E-state index contributed by atoms with van der Waals surface area (Å²) in [6, 6.07) is 13.5. The van der Waals surface area contributed by atoms with E-state index in [0.717, 1.165) is 16.8 Å². The van der Waals surface area contributed by atoms with Gasteiger partial charge in [0.05, 0.1) is 12.0 Å². The molecule has 3 rings (SSSR count). The summed E-state index contributed by atoms with van der Waals surface area (Å²) in [6.45, 7) is 4.21. The molecule has 1 heterocycles. The number of nitrogens with one attached hydrogen (secondary N) is 1. The van der Waals surface area contributed by atoms with Gasteiger partial charge in [-0.3, -0.25) is 9.59 Å². The van der Waals surface area contributed by atoms with E-state index in [2.05, 4.69) is 5.32 Å². The van der Waals surface area contributed by atoms with Gasteiger partial charge in [0.1, 0.15) is 5.82 Å². The predicted molar refractivity (Wildman–Crippen MR) is 94.6 cm³/mol. The van der Waals surface area contributed by atoms with Crippen LogP contribution in [-0.4, -0.2) is 18.4 Å². The summed E-state index contributed by atoms with van der Waals surface area (Å²) in [4.78, 5) is 26.4. The van der Waals surface area contributed by atoms with E-state index in [4.69, 9.17) is 0 Å². The van der Waals surface area contributed by atoms with E-state index in [1.807, 2.05) is 38.1 Å². The zero-order valence-electron chi connectivity index (χ0n) is 14.3. The number of nitrogens with zero attached hydrogens (tertiary/aromatic N) is 1. The van der Waals surface area contributed by atoms with E-state index in [9.17, 15) is 14.0 Å². The molecular formula is C20H21FN2O2. The van der Waals surface area contributed by atoms with E-state index in [1.165, 1.54) is 12.1 Å². The van der Waals surface area contributed by atoms with Crippen LogP contribution in [-0.2, 0) is 9.59 Å². The molecule has 1 aliphatic heterocycles. The second-order valence-corrected chi connectivity index (χ2v) is 6.52. The topological polar surface area (TPSA) is 49.4 Å². The fourth-order valence-corrected chi connectivity index (χ4v) is 3.02. The average molecular weight is 340 g/mol. The highest BCUT2D eigenvalue weighted by atomic mass is 19.1. The van der Waals surface area contributed by atoms with Gasteiger partial charge in [-0.1, -0.05) is 29.8 Å². The van der Waals surface area contributed by atoms with Crippen molar-refractivity contribution in [2.45, 2.75) is 26.3 Å². The van der Waals surface area contributed by atoms with Crippen molar-refractivity contribution in [3.05, 3.63) is 65.5 Å². The van der Waals surface area contributed by atoms with E-state index in [-0.39, 0.29) is 36.0 Å². The first-order valence-corrected chi connectivity index (χ1v) is 8.37. The standard InChI is InChI=1S/C20H21FN2O2/c1-13-3-9-18(10-4-13)23-12-16(11-19(23)24)20(25)22-14(2)15-5-7-17(21)8-6-15/h3-10,14,16H,11-12H2,1-2H3,(H,22,25). The average Bonchev–Trinajstić information content (AvgIpc) is 2.98. The van der Waals surface area contributed by atoms with Crippen molar-refractivity contribution in [1.82, 2.24) is 5.32 Å². The Bertz CT molecular complexity index is 771. The van der Waals surface area contributed by atoms with Crippen LogP contribution in [0.2, 0.25) is 0 Å². The van der Waals surface area contributed by atoms with Gasteiger partial charge in [-0.25, -0.2) is 4.39 Å². The number of benzene rings is 2. The fourth-order valence-electron chi connectivity index (χ4n) is 3.02. The van der Waals surface area contributed by atoms with Gasteiger partial charge in [0.2, 0.25) is 11.8 Å². The van der Waals surface area contributed by atoms with Crippen LogP contribution in [0.25, 0.3) is 0 Å². The van der Waals surface area contributed by atoms with E-state index >= 15 is 0 Å². The number of halogens is 1. The lowest BCUT2D eigenvalue weighted by Crippen LogP contribution is -2.34. The van der Waals surface area contributed by atoms with Gasteiger partial charge in [-0.05, 0) is 43.7 Å². The van der Waals surface area contributed by atoms with Crippen molar-refractivity contribution in [2.75, 3.05) is 11.4 Å². The summed E-state index contributed by atoms with van der Waals surface area (Å²) in [5.74, 6) is -0.882. The Hall–Kier alpha value is -2.69. The third-order valence-electron chi connectivity index (χ3n) is 4.57. The lowest BCUT2D eigenvalue weighted by atomic mass is 10.0. The Morgan fingerprint density at radius 1 is 1.16 bits per heavy atom. The molecule has 0 aromatic heterocycles. The maximum absolute atomic E-state index is 13.0. The molecule has 0 radical (unpaired) electrons. The molecule has 2 atom stereocenters. The van der Waals surface area contributed by atoms with Crippen LogP contribution in [0.1, 0.15) is 30.5 Å². The first-order valence-electron chi connectivity index (χ1n) is 8.37. The van der Waals surface area contributed by atoms with Crippen molar-refractivity contribution < 1.29 is 14.0 Å². The molecule has 2 unspecified atom stereocenters. The van der Waals surface area contributed by atoms with Crippen LogP contribution >= 0.6 is 0 Å². The molecule has 0 saturated carbocycles. The largest absolute Gasteiger partial charge is 0.349 e. The summed E-state index contributed by atoms with van der Waals surface area (Å²) in [5, 5.41) is 2.92. The molecule has 0 bridgehead atoms. The molecule has 2 amide bonds. The first-order chi connectivity index (χ1) is 11.9. The van der Waals surface area contributed by atoms with Crippen molar-refractivity contribution in [2.24, 2.45) is 5.92 Å². The third-order valence-corrected chi connectivity index (χ3v) is 4.57. The highest BCUT2D eigenvalue weighted by Gasteiger charge is 2.35. The van der Waals surface area contributed by atoms with E-state index in [1.54, 1.807) is 17.0 Å². The number of hydrogen-bond donors (Lipinski definition) is 1. The van der Waals surface area contributed by atoms with Gasteiger partial charge in [-0.2, -0.15) is 0 Å². The van der Waals surface area contributed by atoms with Crippen molar-refractivity contribution in [1.29, 1.82) is 0 Å². The minimum absolute atomic E-state index is 0.0431. The molecule has 0 aliphatic carbocycles. The first kappa shape index (κ1) is 17.1. The molecular weight excluding hydrogens is 319 g/mol. The number of rotatable bonds is 4. The summed E-state index contributed by atoms with van der Waals surface area (Å²) in [7, 11) is 0. The lowest BCUT2D eigenvalue weighted by Gasteiger charge is -2.19. The number of carbonyl (C=O) groups excluding carboxylic acids is 2.